The highest BCUT2D eigenvalue weighted by atomic mass is 16.5. The van der Waals surface area contributed by atoms with E-state index in [4.69, 9.17) is 13.9 Å². The summed E-state index contributed by atoms with van der Waals surface area (Å²) < 4.78 is 16.2. The molecule has 1 aliphatic rings. The van der Waals surface area contributed by atoms with Crippen molar-refractivity contribution >= 4 is 17.6 Å². The number of fused-ring (bicyclic) bond motifs is 1. The first kappa shape index (κ1) is 16.9. The number of amides is 1. The first-order chi connectivity index (χ1) is 12.0. The Hall–Kier alpha value is -2.96. The lowest BCUT2D eigenvalue weighted by Gasteiger charge is -2.34. The normalized spacial score (nSPS) is 16.0. The first-order valence-corrected chi connectivity index (χ1v) is 7.93. The van der Waals surface area contributed by atoms with Crippen LogP contribution in [0.4, 0.5) is 5.69 Å². The van der Waals surface area contributed by atoms with Gasteiger partial charge in [0, 0.05) is 7.05 Å². The highest BCUT2D eigenvalue weighted by Gasteiger charge is 2.30. The van der Waals surface area contributed by atoms with Crippen LogP contribution in [0, 0.1) is 6.92 Å². The van der Waals surface area contributed by atoms with Gasteiger partial charge in [-0.2, -0.15) is 0 Å². The van der Waals surface area contributed by atoms with E-state index in [-0.39, 0.29) is 5.91 Å². The minimum Gasteiger partial charge on any atom is -0.477 e. The van der Waals surface area contributed by atoms with E-state index in [1.54, 1.807) is 20.0 Å². The van der Waals surface area contributed by atoms with E-state index >= 15 is 0 Å². The summed E-state index contributed by atoms with van der Waals surface area (Å²) in [5, 5.41) is 2.61. The molecule has 2 aromatic rings. The number of furan rings is 1. The van der Waals surface area contributed by atoms with Gasteiger partial charge in [0.15, 0.2) is 6.10 Å². The molecule has 0 fully saturated rings. The summed E-state index contributed by atoms with van der Waals surface area (Å²) in [4.78, 5) is 25.8. The molecule has 1 N–H and O–H groups in total. The molecular weight excluding hydrogens is 324 g/mol. The number of benzene rings is 1. The number of carbonyl (C=O) groups is 2. The number of aryl methyl sites for hydroxylation is 1. The number of nitrogens with one attached hydrogen (secondary N) is 1. The van der Waals surface area contributed by atoms with Crippen molar-refractivity contribution < 1.29 is 23.5 Å². The van der Waals surface area contributed by atoms with Gasteiger partial charge in [-0.1, -0.05) is 12.1 Å². The van der Waals surface area contributed by atoms with Crippen molar-refractivity contribution in [2.75, 3.05) is 25.6 Å². The summed E-state index contributed by atoms with van der Waals surface area (Å²) in [6.45, 7) is 2.51. The van der Waals surface area contributed by atoms with Crippen LogP contribution in [0.1, 0.15) is 21.9 Å². The number of hydrogen-bond acceptors (Lipinski definition) is 6. The number of methoxy groups -OCH3 is 1. The lowest BCUT2D eigenvalue weighted by Crippen LogP contribution is -2.47. The molecule has 1 aliphatic heterocycles. The maximum atomic E-state index is 12.0. The maximum absolute atomic E-state index is 12.0. The quantitative estimate of drug-likeness (QED) is 0.853. The molecular formula is C18H20N2O5. The van der Waals surface area contributed by atoms with E-state index < -0.39 is 12.1 Å². The maximum Gasteiger partial charge on any atom is 0.341 e. The molecule has 1 atom stereocenters. The van der Waals surface area contributed by atoms with Crippen molar-refractivity contribution in [3.63, 3.8) is 0 Å². The Balaban J connectivity index is 1.88. The molecule has 0 spiro atoms. The fourth-order valence-corrected chi connectivity index (χ4v) is 2.88. The van der Waals surface area contributed by atoms with Gasteiger partial charge in [-0.05, 0) is 25.1 Å². The number of carbonyl (C=O) groups excluding carboxylic acids is 2. The highest BCUT2D eigenvalue weighted by molar-refractivity contribution is 5.90. The summed E-state index contributed by atoms with van der Waals surface area (Å²) in [5.41, 5.74) is 1.28. The molecule has 0 saturated carbocycles. The minimum atomic E-state index is -0.615. The number of esters is 1. The fourth-order valence-electron chi connectivity index (χ4n) is 2.88. The van der Waals surface area contributed by atoms with Crippen LogP contribution in [0.5, 0.6) is 5.75 Å². The topological polar surface area (TPSA) is 81.0 Å². The molecule has 0 radical (unpaired) electrons. The average molecular weight is 344 g/mol. The first-order valence-electron chi connectivity index (χ1n) is 7.93. The van der Waals surface area contributed by atoms with Gasteiger partial charge in [-0.25, -0.2) is 4.79 Å². The van der Waals surface area contributed by atoms with Crippen molar-refractivity contribution in [1.29, 1.82) is 0 Å². The molecule has 1 aromatic heterocycles. The van der Waals surface area contributed by atoms with Crippen molar-refractivity contribution in [2.24, 2.45) is 0 Å². The van der Waals surface area contributed by atoms with Gasteiger partial charge in [-0.15, -0.1) is 0 Å². The van der Waals surface area contributed by atoms with E-state index in [0.717, 1.165) is 5.69 Å². The summed E-state index contributed by atoms with van der Waals surface area (Å²) >= 11 is 0. The SMILES string of the molecule is CNC(=O)[C@H]1CN(Cc2cc(C(=O)OC)c(C)o2)c2ccccc2O1. The smallest absolute Gasteiger partial charge is 0.341 e. The molecule has 1 aromatic carbocycles. The zero-order valence-electron chi connectivity index (χ0n) is 14.4. The number of anilines is 1. The lowest BCUT2D eigenvalue weighted by atomic mass is 10.1. The molecule has 132 valence electrons. The number of ether oxygens (including phenoxy) is 2. The van der Waals surface area contributed by atoms with Crippen LogP contribution < -0.4 is 15.0 Å². The van der Waals surface area contributed by atoms with Crippen LogP contribution in [0.15, 0.2) is 34.7 Å². The van der Waals surface area contributed by atoms with Gasteiger partial charge in [0.05, 0.1) is 25.9 Å². The Morgan fingerprint density at radius 2 is 2.12 bits per heavy atom. The molecule has 3 rings (SSSR count). The van der Waals surface area contributed by atoms with Gasteiger partial charge < -0.3 is 24.1 Å². The molecule has 7 nitrogen and oxygen atoms in total. The van der Waals surface area contributed by atoms with Gasteiger partial charge in [0.2, 0.25) is 0 Å². The van der Waals surface area contributed by atoms with Crippen molar-refractivity contribution in [2.45, 2.75) is 19.6 Å². The molecule has 1 amide bonds. The van der Waals surface area contributed by atoms with Gasteiger partial charge in [0.1, 0.15) is 22.8 Å². The molecule has 0 bridgehead atoms. The van der Waals surface area contributed by atoms with Gasteiger partial charge in [-0.3, -0.25) is 4.79 Å². The average Bonchev–Trinajstić information content (AvgIpc) is 3.00. The Labute approximate surface area is 145 Å². The number of likely N-dealkylation sites (N-methyl/N-ethyl adjacent to an activating group) is 1. The van der Waals surface area contributed by atoms with Crippen LogP contribution in [-0.2, 0) is 16.1 Å². The molecule has 0 unspecified atom stereocenters. The Morgan fingerprint density at radius 1 is 1.36 bits per heavy atom. The monoisotopic (exact) mass is 344 g/mol. The third kappa shape index (κ3) is 3.31. The van der Waals surface area contributed by atoms with Crippen LogP contribution in [0.25, 0.3) is 0 Å². The van der Waals surface area contributed by atoms with Crippen LogP contribution >= 0.6 is 0 Å². The summed E-state index contributed by atoms with van der Waals surface area (Å²) in [6, 6.07) is 9.18. The van der Waals surface area contributed by atoms with E-state index in [2.05, 4.69) is 5.32 Å². The second-order valence-electron chi connectivity index (χ2n) is 5.74. The number of nitrogens with zero attached hydrogens (tertiary/aromatic N) is 1. The molecule has 2 heterocycles. The van der Waals surface area contributed by atoms with Crippen LogP contribution in [-0.4, -0.2) is 38.7 Å². The predicted molar refractivity (Wildman–Crippen MR) is 90.8 cm³/mol. The summed E-state index contributed by atoms with van der Waals surface area (Å²) in [5.74, 6) is 1.14. The van der Waals surface area contributed by atoms with Crippen molar-refractivity contribution in [1.82, 2.24) is 5.32 Å². The lowest BCUT2D eigenvalue weighted by molar-refractivity contribution is -0.127. The molecule has 0 saturated heterocycles. The fraction of sp³-hybridized carbons (Fsp3) is 0.333. The zero-order chi connectivity index (χ0) is 18.0. The zero-order valence-corrected chi connectivity index (χ0v) is 14.4. The summed E-state index contributed by atoms with van der Waals surface area (Å²) in [7, 11) is 2.91. The molecule has 25 heavy (non-hydrogen) atoms. The predicted octanol–water partition coefficient (Wildman–Crippen LogP) is 1.89. The molecule has 7 heteroatoms. The second kappa shape index (κ2) is 6.88. The van der Waals surface area contributed by atoms with Crippen LogP contribution in [0.3, 0.4) is 0 Å². The number of para-hydroxylation sites is 2. The minimum absolute atomic E-state index is 0.189. The van der Waals surface area contributed by atoms with Crippen LogP contribution in [0.2, 0.25) is 0 Å². The van der Waals surface area contributed by atoms with E-state index in [9.17, 15) is 9.59 Å². The van der Waals surface area contributed by atoms with Crippen molar-refractivity contribution in [3.8, 4) is 5.75 Å². The van der Waals surface area contributed by atoms with Crippen molar-refractivity contribution in [3.05, 3.63) is 47.4 Å². The van der Waals surface area contributed by atoms with E-state index in [1.165, 1.54) is 7.11 Å². The van der Waals surface area contributed by atoms with Gasteiger partial charge in [0.25, 0.3) is 5.91 Å². The van der Waals surface area contributed by atoms with E-state index in [0.29, 0.717) is 35.9 Å². The largest absolute Gasteiger partial charge is 0.477 e. The van der Waals surface area contributed by atoms with E-state index in [1.807, 2.05) is 29.2 Å². The molecule has 0 aliphatic carbocycles. The standard InChI is InChI=1S/C18H20N2O5/c1-11-13(18(22)23-3)8-12(24-11)9-20-10-16(17(21)19-2)25-15-7-5-4-6-14(15)20/h4-8,16H,9-10H2,1-3H3,(H,19,21)/t16-/m1/s1. The number of rotatable bonds is 4. The Bertz CT molecular complexity index is 799. The Morgan fingerprint density at radius 3 is 2.84 bits per heavy atom. The highest BCUT2D eigenvalue weighted by Crippen LogP contribution is 2.34. The van der Waals surface area contributed by atoms with Gasteiger partial charge >= 0.3 is 5.97 Å². The third-order valence-electron chi connectivity index (χ3n) is 4.12. The third-order valence-corrected chi connectivity index (χ3v) is 4.12. The second-order valence-corrected chi connectivity index (χ2v) is 5.74. The summed E-state index contributed by atoms with van der Waals surface area (Å²) in [6.07, 6.45) is -0.615. The number of hydrogen-bond donors (Lipinski definition) is 1. The Kier molecular flexibility index (Phi) is 4.65.